The summed E-state index contributed by atoms with van der Waals surface area (Å²) in [4.78, 5) is 15.8. The molecule has 0 radical (unpaired) electrons. The topological polar surface area (TPSA) is 39.2 Å². The molecule has 0 saturated heterocycles. The van der Waals surface area contributed by atoms with Crippen LogP contribution in [-0.2, 0) is 0 Å². The van der Waals surface area contributed by atoms with E-state index in [2.05, 4.69) is 11.9 Å². The number of ketones is 1. The predicted molar refractivity (Wildman–Crippen MR) is 74.5 cm³/mol. The van der Waals surface area contributed by atoms with Gasteiger partial charge in [0.15, 0.2) is 5.78 Å². The summed E-state index contributed by atoms with van der Waals surface area (Å²) in [6.07, 6.45) is 4.50. The van der Waals surface area contributed by atoms with Gasteiger partial charge in [0.05, 0.1) is 12.8 Å². The zero-order chi connectivity index (χ0) is 14.4. The predicted octanol–water partition coefficient (Wildman–Crippen LogP) is 3.63. The molecule has 20 heavy (non-hydrogen) atoms. The maximum atomic E-state index is 13.0. The third kappa shape index (κ3) is 3.63. The van der Waals surface area contributed by atoms with Gasteiger partial charge >= 0.3 is 0 Å². The van der Waals surface area contributed by atoms with Gasteiger partial charge in [-0.3, -0.25) is 9.78 Å². The number of carbonyl (C=O) groups excluding carboxylic acids is 1. The zero-order valence-electron chi connectivity index (χ0n) is 11.3. The number of rotatable bonds is 6. The Kier molecular flexibility index (Phi) is 4.82. The van der Waals surface area contributed by atoms with E-state index >= 15 is 0 Å². The number of benzene rings is 1. The Morgan fingerprint density at radius 3 is 2.60 bits per heavy atom. The Balaban J connectivity index is 2.07. The van der Waals surface area contributed by atoms with Crippen molar-refractivity contribution in [2.24, 2.45) is 0 Å². The molecule has 2 rings (SSSR count). The second kappa shape index (κ2) is 6.80. The number of unbranched alkanes of at least 4 members (excludes halogenated alkanes) is 1. The monoisotopic (exact) mass is 273 g/mol. The number of pyridine rings is 1. The average Bonchev–Trinajstić information content (AvgIpc) is 2.47. The lowest BCUT2D eigenvalue weighted by Crippen LogP contribution is -2.03. The lowest BCUT2D eigenvalue weighted by molar-refractivity contribution is 0.103. The van der Waals surface area contributed by atoms with E-state index in [0.717, 1.165) is 24.8 Å². The highest BCUT2D eigenvalue weighted by atomic mass is 19.1. The van der Waals surface area contributed by atoms with E-state index in [4.69, 9.17) is 4.74 Å². The summed E-state index contributed by atoms with van der Waals surface area (Å²) in [7, 11) is 0. The largest absolute Gasteiger partial charge is 0.494 e. The summed E-state index contributed by atoms with van der Waals surface area (Å²) in [6, 6.07) is 8.02. The van der Waals surface area contributed by atoms with E-state index in [-0.39, 0.29) is 11.3 Å². The molecule has 0 aliphatic rings. The zero-order valence-corrected chi connectivity index (χ0v) is 11.3. The number of carbonyl (C=O) groups is 1. The fourth-order valence-corrected chi connectivity index (χ4v) is 1.74. The van der Waals surface area contributed by atoms with Gasteiger partial charge in [0, 0.05) is 17.3 Å². The molecular formula is C16H16FNO2. The van der Waals surface area contributed by atoms with Crippen molar-refractivity contribution >= 4 is 5.78 Å². The maximum absolute atomic E-state index is 13.0. The summed E-state index contributed by atoms with van der Waals surface area (Å²) < 4.78 is 18.6. The van der Waals surface area contributed by atoms with Crippen molar-refractivity contribution in [2.45, 2.75) is 19.8 Å². The fraction of sp³-hybridized carbons (Fsp3) is 0.250. The first-order chi connectivity index (χ1) is 9.70. The summed E-state index contributed by atoms with van der Waals surface area (Å²) in [5, 5.41) is 0. The molecule has 0 saturated carbocycles. The summed E-state index contributed by atoms with van der Waals surface area (Å²) in [5.41, 5.74) is 0.727. The average molecular weight is 273 g/mol. The van der Waals surface area contributed by atoms with Gasteiger partial charge in [-0.1, -0.05) is 13.3 Å². The molecule has 1 aromatic heterocycles. The molecule has 0 bridgehead atoms. The molecule has 0 atom stereocenters. The Bertz CT molecular complexity index is 581. The van der Waals surface area contributed by atoms with Gasteiger partial charge in [-0.25, -0.2) is 4.39 Å². The van der Waals surface area contributed by atoms with E-state index in [1.54, 1.807) is 24.3 Å². The van der Waals surface area contributed by atoms with Crippen LogP contribution in [0.2, 0.25) is 0 Å². The second-order valence-electron chi connectivity index (χ2n) is 4.45. The standard InChI is InChI=1S/C16H16FNO2/c1-2-3-8-20-15-6-4-12(5-7-15)16(19)13-9-14(17)11-18-10-13/h4-7,9-11H,2-3,8H2,1H3. The van der Waals surface area contributed by atoms with Gasteiger partial charge in [-0.15, -0.1) is 0 Å². The first-order valence-corrected chi connectivity index (χ1v) is 6.59. The van der Waals surface area contributed by atoms with Crippen molar-refractivity contribution in [3.05, 3.63) is 59.7 Å². The molecule has 0 aliphatic carbocycles. The molecular weight excluding hydrogens is 257 g/mol. The molecule has 104 valence electrons. The molecule has 0 amide bonds. The maximum Gasteiger partial charge on any atom is 0.194 e. The van der Waals surface area contributed by atoms with Gasteiger partial charge < -0.3 is 4.74 Å². The van der Waals surface area contributed by atoms with Crippen molar-refractivity contribution in [1.82, 2.24) is 4.98 Å². The normalized spacial score (nSPS) is 10.3. The minimum Gasteiger partial charge on any atom is -0.494 e. The first-order valence-electron chi connectivity index (χ1n) is 6.59. The number of ether oxygens (including phenoxy) is 1. The van der Waals surface area contributed by atoms with Crippen molar-refractivity contribution in [3.8, 4) is 5.75 Å². The van der Waals surface area contributed by atoms with Crippen LogP contribution in [0.1, 0.15) is 35.7 Å². The van der Waals surface area contributed by atoms with Gasteiger partial charge in [0.1, 0.15) is 11.6 Å². The Morgan fingerprint density at radius 2 is 1.95 bits per heavy atom. The summed E-state index contributed by atoms with van der Waals surface area (Å²) in [5.74, 6) is -0.0418. The number of nitrogens with zero attached hydrogens (tertiary/aromatic N) is 1. The van der Waals surface area contributed by atoms with Crippen molar-refractivity contribution in [1.29, 1.82) is 0 Å². The van der Waals surface area contributed by atoms with Crippen LogP contribution in [0, 0.1) is 5.82 Å². The van der Waals surface area contributed by atoms with Gasteiger partial charge in [0.25, 0.3) is 0 Å². The Morgan fingerprint density at radius 1 is 1.20 bits per heavy atom. The molecule has 0 fully saturated rings. The summed E-state index contributed by atoms with van der Waals surface area (Å²) in [6.45, 7) is 2.76. The molecule has 0 unspecified atom stereocenters. The fourth-order valence-electron chi connectivity index (χ4n) is 1.74. The highest BCUT2D eigenvalue weighted by Gasteiger charge is 2.10. The van der Waals surface area contributed by atoms with E-state index in [1.165, 1.54) is 12.3 Å². The van der Waals surface area contributed by atoms with Crippen LogP contribution < -0.4 is 4.74 Å². The SMILES string of the molecule is CCCCOc1ccc(C(=O)c2cncc(F)c2)cc1. The van der Waals surface area contributed by atoms with Crippen LogP contribution in [-0.4, -0.2) is 17.4 Å². The number of hydrogen-bond acceptors (Lipinski definition) is 3. The molecule has 1 aromatic carbocycles. The van der Waals surface area contributed by atoms with Crippen molar-refractivity contribution in [3.63, 3.8) is 0 Å². The molecule has 0 N–H and O–H groups in total. The highest BCUT2D eigenvalue weighted by molar-refractivity contribution is 6.08. The quantitative estimate of drug-likeness (QED) is 0.596. The number of aromatic nitrogens is 1. The van der Waals surface area contributed by atoms with E-state index in [9.17, 15) is 9.18 Å². The van der Waals surface area contributed by atoms with Crippen LogP contribution in [0.15, 0.2) is 42.7 Å². The van der Waals surface area contributed by atoms with Gasteiger partial charge in [-0.2, -0.15) is 0 Å². The molecule has 0 spiro atoms. The lowest BCUT2D eigenvalue weighted by Gasteiger charge is -2.06. The third-order valence-corrected chi connectivity index (χ3v) is 2.85. The highest BCUT2D eigenvalue weighted by Crippen LogP contribution is 2.16. The van der Waals surface area contributed by atoms with Crippen LogP contribution in [0.3, 0.4) is 0 Å². The Labute approximate surface area is 117 Å². The summed E-state index contributed by atoms with van der Waals surface area (Å²) >= 11 is 0. The Hall–Kier alpha value is -2.23. The minimum absolute atomic E-state index is 0.240. The molecule has 0 aliphatic heterocycles. The number of hydrogen-bond donors (Lipinski definition) is 0. The van der Waals surface area contributed by atoms with E-state index in [1.807, 2.05) is 0 Å². The van der Waals surface area contributed by atoms with Gasteiger partial charge in [-0.05, 0) is 36.8 Å². The van der Waals surface area contributed by atoms with Crippen LogP contribution in [0.4, 0.5) is 4.39 Å². The van der Waals surface area contributed by atoms with E-state index in [0.29, 0.717) is 12.2 Å². The molecule has 3 nitrogen and oxygen atoms in total. The van der Waals surface area contributed by atoms with Crippen molar-refractivity contribution in [2.75, 3.05) is 6.61 Å². The lowest BCUT2D eigenvalue weighted by atomic mass is 10.1. The number of halogens is 1. The molecule has 1 heterocycles. The van der Waals surface area contributed by atoms with Crippen molar-refractivity contribution < 1.29 is 13.9 Å². The molecule has 2 aromatic rings. The van der Waals surface area contributed by atoms with Crippen LogP contribution in [0.5, 0.6) is 5.75 Å². The van der Waals surface area contributed by atoms with Crippen LogP contribution >= 0.6 is 0 Å². The third-order valence-electron chi connectivity index (χ3n) is 2.85. The van der Waals surface area contributed by atoms with Gasteiger partial charge in [0.2, 0.25) is 0 Å². The van der Waals surface area contributed by atoms with E-state index < -0.39 is 5.82 Å². The molecule has 4 heteroatoms. The van der Waals surface area contributed by atoms with Crippen LogP contribution in [0.25, 0.3) is 0 Å². The first kappa shape index (κ1) is 14.2. The second-order valence-corrected chi connectivity index (χ2v) is 4.45. The minimum atomic E-state index is -0.518. The smallest absolute Gasteiger partial charge is 0.194 e.